The van der Waals surface area contributed by atoms with Gasteiger partial charge >= 0.3 is 0 Å². The van der Waals surface area contributed by atoms with E-state index in [4.69, 9.17) is 10.5 Å². The lowest BCUT2D eigenvalue weighted by Crippen LogP contribution is -2.38. The monoisotopic (exact) mass is 374 g/mol. The van der Waals surface area contributed by atoms with Crippen molar-refractivity contribution in [3.8, 4) is 5.75 Å². The third-order valence-corrected chi connectivity index (χ3v) is 6.90. The summed E-state index contributed by atoms with van der Waals surface area (Å²) in [4.78, 5) is 0.341. The average Bonchev–Trinajstić information content (AvgIpc) is 3.00. The Hall–Kier alpha value is -0.820. The van der Waals surface area contributed by atoms with E-state index in [1.54, 1.807) is 28.6 Å². The molecule has 3 atom stereocenters. The smallest absolute Gasteiger partial charge is 0.243 e. The maximum absolute atomic E-state index is 12.9. The molecule has 0 bridgehead atoms. The molecule has 3 unspecified atom stereocenters. The van der Waals surface area contributed by atoms with Crippen molar-refractivity contribution in [2.75, 3.05) is 19.7 Å². The number of fused-ring (bicyclic) bond motifs is 1. The Balaban J connectivity index is 0.00000208. The fraction of sp³-hybridized carbons (Fsp3) is 0.647. The Labute approximate surface area is 151 Å². The molecule has 1 aromatic rings. The van der Waals surface area contributed by atoms with Crippen molar-refractivity contribution in [1.82, 2.24) is 4.31 Å². The van der Waals surface area contributed by atoms with Gasteiger partial charge in [-0.2, -0.15) is 4.31 Å². The number of hydrogen-bond donors (Lipinski definition) is 1. The lowest BCUT2D eigenvalue weighted by Gasteiger charge is -2.29. The summed E-state index contributed by atoms with van der Waals surface area (Å²) in [7, 11) is -3.44. The van der Waals surface area contributed by atoms with Crippen LogP contribution in [0.15, 0.2) is 29.2 Å². The maximum atomic E-state index is 12.9. The van der Waals surface area contributed by atoms with E-state index in [9.17, 15) is 8.42 Å². The van der Waals surface area contributed by atoms with E-state index >= 15 is 0 Å². The average molecular weight is 375 g/mol. The molecule has 2 fully saturated rings. The minimum Gasteiger partial charge on any atom is -0.494 e. The molecule has 1 heterocycles. The van der Waals surface area contributed by atoms with Crippen LogP contribution in [0.5, 0.6) is 5.75 Å². The molecule has 1 aliphatic carbocycles. The van der Waals surface area contributed by atoms with Crippen molar-refractivity contribution in [1.29, 1.82) is 0 Å². The number of nitrogens with zero attached hydrogens (tertiary/aromatic N) is 1. The topological polar surface area (TPSA) is 72.6 Å². The fourth-order valence-electron chi connectivity index (χ4n) is 3.75. The van der Waals surface area contributed by atoms with Crippen LogP contribution in [-0.2, 0) is 10.0 Å². The lowest BCUT2D eigenvalue weighted by molar-refractivity contribution is 0.260. The first-order valence-electron chi connectivity index (χ1n) is 8.51. The molecule has 0 amide bonds. The third-order valence-electron chi connectivity index (χ3n) is 5.05. The normalized spacial score (nSPS) is 27.3. The van der Waals surface area contributed by atoms with E-state index in [-0.39, 0.29) is 18.4 Å². The molecule has 2 aliphatic rings. The molecule has 0 spiro atoms. The van der Waals surface area contributed by atoms with E-state index in [1.165, 1.54) is 0 Å². The SMILES string of the molecule is CCCOc1ccc(S(=O)(=O)N2CC3CCCC(N)C3C2)cc1.Cl. The van der Waals surface area contributed by atoms with Crippen LogP contribution in [0.25, 0.3) is 0 Å². The van der Waals surface area contributed by atoms with Crippen molar-refractivity contribution >= 4 is 22.4 Å². The van der Waals surface area contributed by atoms with Crippen LogP contribution in [-0.4, -0.2) is 38.5 Å². The van der Waals surface area contributed by atoms with Crippen molar-refractivity contribution < 1.29 is 13.2 Å². The number of ether oxygens (including phenoxy) is 1. The molecule has 24 heavy (non-hydrogen) atoms. The van der Waals surface area contributed by atoms with E-state index in [0.29, 0.717) is 42.2 Å². The van der Waals surface area contributed by atoms with Crippen LogP contribution in [0.3, 0.4) is 0 Å². The molecule has 5 nitrogen and oxygen atoms in total. The minimum atomic E-state index is -3.44. The summed E-state index contributed by atoms with van der Waals surface area (Å²) in [5, 5.41) is 0. The lowest BCUT2D eigenvalue weighted by atomic mass is 9.78. The van der Waals surface area contributed by atoms with Crippen LogP contribution in [0, 0.1) is 11.8 Å². The standard InChI is InChI=1S/C17H26N2O3S.ClH/c1-2-10-22-14-6-8-15(9-7-14)23(20,21)19-11-13-4-3-5-17(18)16(13)12-19;/h6-9,13,16-17H,2-5,10-12,18H2,1H3;1H. The van der Waals surface area contributed by atoms with Gasteiger partial charge in [-0.05, 0) is 55.4 Å². The molecular formula is C17H27ClN2O3S. The molecule has 1 saturated carbocycles. The summed E-state index contributed by atoms with van der Waals surface area (Å²) >= 11 is 0. The number of sulfonamides is 1. The van der Waals surface area contributed by atoms with Crippen LogP contribution < -0.4 is 10.5 Å². The van der Waals surface area contributed by atoms with Gasteiger partial charge in [0.1, 0.15) is 5.75 Å². The second kappa shape index (κ2) is 8.04. The first kappa shape index (κ1) is 19.5. The van der Waals surface area contributed by atoms with Gasteiger partial charge in [0.25, 0.3) is 0 Å². The number of benzene rings is 1. The molecular weight excluding hydrogens is 348 g/mol. The Kier molecular flexibility index (Phi) is 6.53. The first-order chi connectivity index (χ1) is 11.0. The number of halogens is 1. The number of hydrogen-bond acceptors (Lipinski definition) is 4. The molecule has 7 heteroatoms. The highest BCUT2D eigenvalue weighted by atomic mass is 35.5. The summed E-state index contributed by atoms with van der Waals surface area (Å²) in [6, 6.07) is 6.89. The van der Waals surface area contributed by atoms with Gasteiger partial charge in [0.15, 0.2) is 0 Å². The van der Waals surface area contributed by atoms with Gasteiger partial charge in [-0.25, -0.2) is 8.42 Å². The molecule has 3 rings (SSSR count). The minimum absolute atomic E-state index is 0. The van der Waals surface area contributed by atoms with Crippen LogP contribution >= 0.6 is 12.4 Å². The fourth-order valence-corrected chi connectivity index (χ4v) is 5.28. The van der Waals surface area contributed by atoms with Gasteiger partial charge in [0.2, 0.25) is 10.0 Å². The summed E-state index contributed by atoms with van der Waals surface area (Å²) < 4.78 is 32.8. The Morgan fingerprint density at radius 2 is 1.92 bits per heavy atom. The third kappa shape index (κ3) is 3.87. The van der Waals surface area contributed by atoms with Gasteiger partial charge in [-0.15, -0.1) is 12.4 Å². The van der Waals surface area contributed by atoms with Gasteiger partial charge < -0.3 is 10.5 Å². The predicted molar refractivity (Wildman–Crippen MR) is 97.0 cm³/mol. The molecule has 1 aliphatic heterocycles. The highest BCUT2D eigenvalue weighted by Gasteiger charge is 2.43. The number of rotatable bonds is 5. The molecule has 1 aromatic carbocycles. The van der Waals surface area contributed by atoms with Gasteiger partial charge in [0, 0.05) is 19.1 Å². The molecule has 136 valence electrons. The highest BCUT2D eigenvalue weighted by Crippen LogP contribution is 2.37. The van der Waals surface area contributed by atoms with Crippen LogP contribution in [0.4, 0.5) is 0 Å². The Morgan fingerprint density at radius 3 is 2.54 bits per heavy atom. The summed E-state index contributed by atoms with van der Waals surface area (Å²) in [5.74, 6) is 1.44. The zero-order valence-electron chi connectivity index (χ0n) is 14.1. The zero-order chi connectivity index (χ0) is 16.4. The molecule has 0 aromatic heterocycles. The Morgan fingerprint density at radius 1 is 1.21 bits per heavy atom. The van der Waals surface area contributed by atoms with E-state index in [0.717, 1.165) is 25.7 Å². The van der Waals surface area contributed by atoms with Crippen molar-refractivity contribution in [3.63, 3.8) is 0 Å². The van der Waals surface area contributed by atoms with E-state index < -0.39 is 10.0 Å². The molecule has 1 saturated heterocycles. The van der Waals surface area contributed by atoms with Crippen molar-refractivity contribution in [2.45, 2.75) is 43.5 Å². The van der Waals surface area contributed by atoms with Crippen LogP contribution in [0.2, 0.25) is 0 Å². The predicted octanol–water partition coefficient (Wildman–Crippen LogP) is 2.65. The van der Waals surface area contributed by atoms with E-state index in [2.05, 4.69) is 0 Å². The largest absolute Gasteiger partial charge is 0.494 e. The molecule has 2 N–H and O–H groups in total. The van der Waals surface area contributed by atoms with E-state index in [1.807, 2.05) is 6.92 Å². The second-order valence-electron chi connectivity index (χ2n) is 6.66. The van der Waals surface area contributed by atoms with Gasteiger partial charge in [-0.1, -0.05) is 13.3 Å². The second-order valence-corrected chi connectivity index (χ2v) is 8.60. The van der Waals surface area contributed by atoms with Gasteiger partial charge in [-0.3, -0.25) is 0 Å². The maximum Gasteiger partial charge on any atom is 0.243 e. The Bertz CT molecular complexity index is 636. The molecule has 0 radical (unpaired) electrons. The highest BCUT2D eigenvalue weighted by molar-refractivity contribution is 7.89. The zero-order valence-corrected chi connectivity index (χ0v) is 15.7. The summed E-state index contributed by atoms with van der Waals surface area (Å²) in [6.45, 7) is 3.84. The van der Waals surface area contributed by atoms with Crippen molar-refractivity contribution in [3.05, 3.63) is 24.3 Å². The van der Waals surface area contributed by atoms with Crippen molar-refractivity contribution in [2.24, 2.45) is 17.6 Å². The summed E-state index contributed by atoms with van der Waals surface area (Å²) in [5.41, 5.74) is 6.19. The number of nitrogens with two attached hydrogens (primary N) is 1. The quantitative estimate of drug-likeness (QED) is 0.859. The van der Waals surface area contributed by atoms with Crippen LogP contribution in [0.1, 0.15) is 32.6 Å². The first-order valence-corrected chi connectivity index (χ1v) is 9.95. The van der Waals surface area contributed by atoms with Gasteiger partial charge in [0.05, 0.1) is 11.5 Å². The summed E-state index contributed by atoms with van der Waals surface area (Å²) in [6.07, 6.45) is 4.14.